The van der Waals surface area contributed by atoms with E-state index in [-0.39, 0.29) is 17.1 Å². The second-order valence-corrected chi connectivity index (χ2v) is 6.70. The maximum atomic E-state index is 14.0. The Morgan fingerprint density at radius 1 is 1.35 bits per heavy atom. The predicted molar refractivity (Wildman–Crippen MR) is 95.9 cm³/mol. The average molecular weight is 397 g/mol. The minimum atomic E-state index is -2.10. The molecular formula is C17H14ClFN2O4S. The van der Waals surface area contributed by atoms with Crippen molar-refractivity contribution in [1.82, 2.24) is 9.71 Å². The van der Waals surface area contributed by atoms with Crippen LogP contribution < -0.4 is 4.72 Å². The monoisotopic (exact) mass is 396 g/mol. The number of hydrogen-bond acceptors (Lipinski definition) is 4. The summed E-state index contributed by atoms with van der Waals surface area (Å²) in [4.78, 5) is 16.7. The fourth-order valence-corrected chi connectivity index (χ4v) is 3.19. The molecule has 0 aliphatic rings. The van der Waals surface area contributed by atoms with Crippen LogP contribution in [0.1, 0.15) is 27.9 Å². The number of benzene rings is 2. The van der Waals surface area contributed by atoms with Gasteiger partial charge in [0.1, 0.15) is 11.3 Å². The summed E-state index contributed by atoms with van der Waals surface area (Å²) in [7, 11) is 0. The Bertz CT molecular complexity index is 992. The van der Waals surface area contributed by atoms with E-state index in [0.717, 1.165) is 6.07 Å². The summed E-state index contributed by atoms with van der Waals surface area (Å²) in [5.74, 6) is -1.00. The Morgan fingerprint density at radius 3 is 2.92 bits per heavy atom. The van der Waals surface area contributed by atoms with Crippen LogP contribution in [0.3, 0.4) is 0 Å². The first kappa shape index (κ1) is 18.7. The van der Waals surface area contributed by atoms with Crippen molar-refractivity contribution in [3.63, 3.8) is 0 Å². The lowest BCUT2D eigenvalue weighted by Gasteiger charge is -2.10. The maximum absolute atomic E-state index is 14.0. The lowest BCUT2D eigenvalue weighted by atomic mass is 9.99. The van der Waals surface area contributed by atoms with Crippen LogP contribution in [0.2, 0.25) is 5.02 Å². The van der Waals surface area contributed by atoms with E-state index in [4.69, 9.17) is 20.6 Å². The summed E-state index contributed by atoms with van der Waals surface area (Å²) in [5.41, 5.74) is 1.89. The molecule has 1 unspecified atom stereocenters. The number of rotatable bonds is 7. The fraction of sp³-hybridized carbons (Fsp3) is 0.176. The fourth-order valence-electron chi connectivity index (χ4n) is 2.58. The normalized spacial score (nSPS) is 12.4. The van der Waals surface area contributed by atoms with Gasteiger partial charge >= 0.3 is 0 Å². The van der Waals surface area contributed by atoms with Crippen molar-refractivity contribution in [2.24, 2.45) is 0 Å². The van der Waals surface area contributed by atoms with E-state index in [1.165, 1.54) is 18.5 Å². The lowest BCUT2D eigenvalue weighted by molar-refractivity contribution is 0.103. The van der Waals surface area contributed by atoms with Crippen LogP contribution in [0.15, 0.2) is 41.1 Å². The topological polar surface area (TPSA) is 92.4 Å². The molecule has 0 aliphatic carbocycles. The maximum Gasteiger partial charge on any atom is 0.231 e. The Labute approximate surface area is 155 Å². The molecule has 0 aliphatic heterocycles. The molecule has 0 amide bonds. The Balaban J connectivity index is 1.86. The van der Waals surface area contributed by atoms with Gasteiger partial charge in [0.15, 0.2) is 17.8 Å². The molecule has 2 N–H and O–H groups in total. The van der Waals surface area contributed by atoms with Crippen molar-refractivity contribution in [3.05, 3.63) is 64.3 Å². The molecule has 3 aromatic rings. The number of nitrogens with one attached hydrogen (secondary N) is 1. The summed E-state index contributed by atoms with van der Waals surface area (Å²) < 4.78 is 40.7. The molecule has 0 saturated heterocycles. The minimum Gasteiger partial charge on any atom is -0.443 e. The molecule has 2 aromatic carbocycles. The van der Waals surface area contributed by atoms with Crippen LogP contribution in [-0.4, -0.2) is 26.1 Å². The third kappa shape index (κ3) is 4.16. The zero-order valence-electron chi connectivity index (χ0n) is 13.4. The molecule has 26 heavy (non-hydrogen) atoms. The highest BCUT2D eigenvalue weighted by Gasteiger charge is 2.18. The van der Waals surface area contributed by atoms with E-state index >= 15 is 0 Å². The summed E-state index contributed by atoms with van der Waals surface area (Å²) in [6.07, 6.45) is 2.08. The van der Waals surface area contributed by atoms with E-state index in [2.05, 4.69) is 9.71 Å². The lowest BCUT2D eigenvalue weighted by Crippen LogP contribution is -2.18. The third-order valence-corrected chi connectivity index (χ3v) is 4.70. The van der Waals surface area contributed by atoms with Gasteiger partial charge in [0.25, 0.3) is 0 Å². The number of nitrogens with zero attached hydrogens (tertiary/aromatic N) is 1. The van der Waals surface area contributed by atoms with Crippen molar-refractivity contribution in [2.75, 3.05) is 6.54 Å². The van der Waals surface area contributed by atoms with Gasteiger partial charge in [-0.3, -0.25) is 9.35 Å². The van der Waals surface area contributed by atoms with Gasteiger partial charge in [0.2, 0.25) is 11.3 Å². The van der Waals surface area contributed by atoms with Crippen molar-refractivity contribution in [2.45, 2.75) is 12.8 Å². The number of halogens is 2. The van der Waals surface area contributed by atoms with E-state index in [9.17, 15) is 13.4 Å². The molecular weight excluding hydrogens is 383 g/mol. The Hall–Kier alpha value is -2.13. The van der Waals surface area contributed by atoms with Crippen molar-refractivity contribution < 1.29 is 22.4 Å². The van der Waals surface area contributed by atoms with Crippen LogP contribution in [0.4, 0.5) is 4.39 Å². The molecule has 136 valence electrons. The summed E-state index contributed by atoms with van der Waals surface area (Å²) in [6.45, 7) is 0.251. The zero-order chi connectivity index (χ0) is 18.7. The molecule has 1 heterocycles. The van der Waals surface area contributed by atoms with E-state index in [1.54, 1.807) is 12.1 Å². The summed E-state index contributed by atoms with van der Waals surface area (Å²) >= 11 is 4.21. The number of aryl methyl sites for hydroxylation is 1. The number of carbonyl (C=O) groups excluding carboxylic acids is 1. The molecule has 0 spiro atoms. The van der Waals surface area contributed by atoms with Crippen LogP contribution >= 0.6 is 11.6 Å². The molecule has 0 radical (unpaired) electrons. The quantitative estimate of drug-likeness (QED) is 0.362. The number of ketones is 1. The van der Waals surface area contributed by atoms with Gasteiger partial charge in [-0.2, -0.15) is 0 Å². The second-order valence-electron chi connectivity index (χ2n) is 5.54. The Kier molecular flexibility index (Phi) is 5.77. The van der Waals surface area contributed by atoms with Crippen molar-refractivity contribution in [1.29, 1.82) is 0 Å². The van der Waals surface area contributed by atoms with E-state index in [0.29, 0.717) is 35.1 Å². The molecule has 1 atom stereocenters. The number of hydrogen-bond donors (Lipinski definition) is 2. The largest absolute Gasteiger partial charge is 0.443 e. The van der Waals surface area contributed by atoms with Gasteiger partial charge in [-0.15, -0.1) is 0 Å². The first-order valence-corrected chi connectivity index (χ1v) is 9.14. The second kappa shape index (κ2) is 8.05. The van der Waals surface area contributed by atoms with Crippen molar-refractivity contribution in [3.8, 4) is 0 Å². The van der Waals surface area contributed by atoms with E-state index < -0.39 is 22.9 Å². The molecule has 6 nitrogen and oxygen atoms in total. The summed E-state index contributed by atoms with van der Waals surface area (Å²) in [6, 6.07) is 7.11. The standard InChI is InChI=1S/C17H14ClFN2O4S/c18-16-10(2-1-5-21-26(23)24)6-12(19)8-13(16)17(22)11-3-4-14-15(7-11)25-9-20-14/h3-4,6-9,21H,1-2,5H2,(H,23,24). The third-order valence-electron chi connectivity index (χ3n) is 3.80. The van der Waals surface area contributed by atoms with Crippen LogP contribution in [-0.2, 0) is 17.7 Å². The molecule has 3 rings (SSSR count). The molecule has 9 heteroatoms. The first-order chi connectivity index (χ1) is 12.5. The average Bonchev–Trinajstić information content (AvgIpc) is 3.08. The molecule has 0 saturated carbocycles. The predicted octanol–water partition coefficient (Wildman–Crippen LogP) is 3.51. The van der Waals surface area contributed by atoms with E-state index in [1.807, 2.05) is 0 Å². The summed E-state index contributed by atoms with van der Waals surface area (Å²) in [5, 5.41) is 0.166. The highest BCUT2D eigenvalue weighted by molar-refractivity contribution is 7.77. The van der Waals surface area contributed by atoms with Crippen molar-refractivity contribution >= 4 is 39.8 Å². The van der Waals surface area contributed by atoms with Gasteiger partial charge < -0.3 is 4.42 Å². The number of fused-ring (bicyclic) bond motifs is 1. The molecule has 1 aromatic heterocycles. The van der Waals surface area contributed by atoms with Crippen LogP contribution in [0.5, 0.6) is 0 Å². The van der Waals surface area contributed by atoms with Gasteiger partial charge in [0, 0.05) is 17.7 Å². The zero-order valence-corrected chi connectivity index (χ0v) is 14.9. The minimum absolute atomic E-state index is 0.0548. The highest BCUT2D eigenvalue weighted by Crippen LogP contribution is 2.27. The van der Waals surface area contributed by atoms with Gasteiger partial charge in [-0.1, -0.05) is 11.6 Å². The number of carbonyl (C=O) groups is 1. The number of oxazole rings is 1. The first-order valence-electron chi connectivity index (χ1n) is 7.66. The van der Waals surface area contributed by atoms with Crippen LogP contribution in [0.25, 0.3) is 11.1 Å². The molecule has 0 fully saturated rings. The SMILES string of the molecule is O=C(c1ccc2ncoc2c1)c1cc(F)cc(CCCNS(=O)O)c1Cl. The smallest absolute Gasteiger partial charge is 0.231 e. The molecule has 0 bridgehead atoms. The van der Waals surface area contributed by atoms with Crippen LogP contribution in [0, 0.1) is 5.82 Å². The Morgan fingerprint density at radius 2 is 2.15 bits per heavy atom. The number of aromatic nitrogens is 1. The van der Waals surface area contributed by atoms with Gasteiger partial charge in [-0.25, -0.2) is 18.3 Å². The van der Waals surface area contributed by atoms with Gasteiger partial charge in [0.05, 0.1) is 5.02 Å². The highest BCUT2D eigenvalue weighted by atomic mass is 35.5. The van der Waals surface area contributed by atoms with Gasteiger partial charge in [-0.05, 0) is 48.7 Å².